The number of amides is 1. The molecular weight excluding hydrogens is 350 g/mol. The molecule has 134 valence electrons. The molecule has 1 aromatic carbocycles. The molecule has 0 saturated heterocycles. The van der Waals surface area contributed by atoms with E-state index in [1.807, 2.05) is 0 Å². The van der Waals surface area contributed by atoms with Crippen LogP contribution in [0.5, 0.6) is 0 Å². The smallest absolute Gasteiger partial charge is 0.341 e. The van der Waals surface area contributed by atoms with Crippen molar-refractivity contribution in [1.29, 1.82) is 0 Å². The molecule has 0 aliphatic rings. The minimum Gasteiger partial charge on any atom is -0.449 e. The molecule has 0 aliphatic heterocycles. The molecule has 10 heteroatoms. The first-order chi connectivity index (χ1) is 11.7. The number of nitrogens with one attached hydrogen (secondary N) is 2. The van der Waals surface area contributed by atoms with Gasteiger partial charge in [-0.1, -0.05) is 17.3 Å². The van der Waals surface area contributed by atoms with Crippen molar-refractivity contribution >= 4 is 33.5 Å². The quantitative estimate of drug-likeness (QED) is 0.741. The lowest BCUT2D eigenvalue weighted by Crippen LogP contribution is -2.30. The number of carbonyl (C=O) groups is 2. The number of hydrogen-bond donors (Lipinski definition) is 2. The standard InChI is InChI=1S/C15H17N3O6S/c1-9-8-13(24-17-9)16-14(19)10(2)23-15(20)11-6-4-5-7-12(11)18-25(3,21)22/h4-8,10,18H,1-3H3,(H,16,19). The number of hydrogen-bond acceptors (Lipinski definition) is 7. The number of aryl methyl sites for hydroxylation is 1. The van der Waals surface area contributed by atoms with Crippen LogP contribution in [0, 0.1) is 6.92 Å². The van der Waals surface area contributed by atoms with Gasteiger partial charge in [0.2, 0.25) is 15.9 Å². The fraction of sp³-hybridized carbons (Fsp3) is 0.267. The monoisotopic (exact) mass is 367 g/mol. The van der Waals surface area contributed by atoms with Gasteiger partial charge in [-0.15, -0.1) is 0 Å². The molecule has 9 nitrogen and oxygen atoms in total. The molecule has 2 N–H and O–H groups in total. The Kier molecular flexibility index (Phi) is 5.42. The number of para-hydroxylation sites is 1. The molecule has 2 aromatic rings. The molecule has 0 spiro atoms. The second-order valence-corrected chi connectivity index (χ2v) is 7.04. The maximum absolute atomic E-state index is 12.2. The van der Waals surface area contributed by atoms with Crippen molar-refractivity contribution in [2.24, 2.45) is 0 Å². The predicted octanol–water partition coefficient (Wildman–Crippen LogP) is 1.54. The zero-order valence-electron chi connectivity index (χ0n) is 13.8. The van der Waals surface area contributed by atoms with Crippen LogP contribution in [-0.2, 0) is 19.6 Å². The SMILES string of the molecule is Cc1cc(NC(=O)C(C)OC(=O)c2ccccc2NS(C)(=O)=O)on1. The second-order valence-electron chi connectivity index (χ2n) is 5.29. The van der Waals surface area contributed by atoms with Gasteiger partial charge in [0.05, 0.1) is 23.2 Å². The maximum atomic E-state index is 12.2. The van der Waals surface area contributed by atoms with Crippen molar-refractivity contribution in [3.63, 3.8) is 0 Å². The fourth-order valence-electron chi connectivity index (χ4n) is 1.87. The summed E-state index contributed by atoms with van der Waals surface area (Å²) in [7, 11) is -3.57. The Bertz CT molecular complexity index is 890. The van der Waals surface area contributed by atoms with E-state index in [-0.39, 0.29) is 17.1 Å². The van der Waals surface area contributed by atoms with Gasteiger partial charge in [0.15, 0.2) is 6.10 Å². The first-order valence-electron chi connectivity index (χ1n) is 7.17. The van der Waals surface area contributed by atoms with Crippen LogP contribution in [0.4, 0.5) is 11.6 Å². The molecule has 25 heavy (non-hydrogen) atoms. The van der Waals surface area contributed by atoms with Gasteiger partial charge in [0.1, 0.15) is 0 Å². The van der Waals surface area contributed by atoms with Gasteiger partial charge < -0.3 is 9.26 Å². The number of anilines is 2. The summed E-state index contributed by atoms with van der Waals surface area (Å²) in [6.45, 7) is 3.07. The highest BCUT2D eigenvalue weighted by Gasteiger charge is 2.22. The molecule has 1 aromatic heterocycles. The maximum Gasteiger partial charge on any atom is 0.341 e. The van der Waals surface area contributed by atoms with E-state index in [4.69, 9.17) is 9.26 Å². The molecule has 0 aliphatic carbocycles. The van der Waals surface area contributed by atoms with Crippen LogP contribution in [0.15, 0.2) is 34.9 Å². The highest BCUT2D eigenvalue weighted by Crippen LogP contribution is 2.18. The van der Waals surface area contributed by atoms with E-state index in [9.17, 15) is 18.0 Å². The van der Waals surface area contributed by atoms with Crippen LogP contribution in [0.25, 0.3) is 0 Å². The lowest BCUT2D eigenvalue weighted by Gasteiger charge is -2.14. The van der Waals surface area contributed by atoms with Crippen molar-refractivity contribution < 1.29 is 27.3 Å². The molecule has 0 bridgehead atoms. The molecule has 0 radical (unpaired) electrons. The Morgan fingerprint density at radius 3 is 2.56 bits per heavy atom. The van der Waals surface area contributed by atoms with E-state index in [1.165, 1.54) is 25.1 Å². The lowest BCUT2D eigenvalue weighted by atomic mass is 10.2. The summed E-state index contributed by atoms with van der Waals surface area (Å²) in [6.07, 6.45) is -0.172. The number of esters is 1. The first-order valence-corrected chi connectivity index (χ1v) is 9.07. The normalized spacial score (nSPS) is 12.3. The van der Waals surface area contributed by atoms with Crippen molar-refractivity contribution in [3.05, 3.63) is 41.6 Å². The van der Waals surface area contributed by atoms with E-state index in [0.717, 1.165) is 6.26 Å². The summed E-state index contributed by atoms with van der Waals surface area (Å²) in [4.78, 5) is 24.3. The van der Waals surface area contributed by atoms with Crippen molar-refractivity contribution in [2.75, 3.05) is 16.3 Å². The van der Waals surface area contributed by atoms with Crippen molar-refractivity contribution in [2.45, 2.75) is 20.0 Å². The summed E-state index contributed by atoms with van der Waals surface area (Å²) in [6, 6.07) is 7.43. The highest BCUT2D eigenvalue weighted by molar-refractivity contribution is 7.92. The number of aromatic nitrogens is 1. The summed E-state index contributed by atoms with van der Waals surface area (Å²) in [5.41, 5.74) is 0.636. The van der Waals surface area contributed by atoms with Gasteiger partial charge in [-0.3, -0.25) is 14.8 Å². The van der Waals surface area contributed by atoms with Gasteiger partial charge in [0.25, 0.3) is 5.91 Å². The Morgan fingerprint density at radius 2 is 1.96 bits per heavy atom. The lowest BCUT2D eigenvalue weighted by molar-refractivity contribution is -0.123. The predicted molar refractivity (Wildman–Crippen MR) is 89.7 cm³/mol. The van der Waals surface area contributed by atoms with E-state index in [2.05, 4.69) is 15.2 Å². The summed E-state index contributed by atoms with van der Waals surface area (Å²) >= 11 is 0. The van der Waals surface area contributed by atoms with Gasteiger partial charge in [-0.05, 0) is 26.0 Å². The van der Waals surface area contributed by atoms with Crippen LogP contribution in [0.1, 0.15) is 23.0 Å². The number of ether oxygens (including phenoxy) is 1. The van der Waals surface area contributed by atoms with E-state index in [0.29, 0.717) is 5.69 Å². The Labute approximate surface area is 144 Å². The van der Waals surface area contributed by atoms with Gasteiger partial charge in [0, 0.05) is 6.07 Å². The summed E-state index contributed by atoms with van der Waals surface area (Å²) in [5, 5.41) is 6.04. The van der Waals surface area contributed by atoms with E-state index < -0.39 is 28.0 Å². The van der Waals surface area contributed by atoms with Crippen molar-refractivity contribution in [3.8, 4) is 0 Å². The second kappa shape index (κ2) is 7.34. The largest absolute Gasteiger partial charge is 0.449 e. The molecule has 1 atom stereocenters. The molecule has 0 saturated carbocycles. The summed E-state index contributed by atoms with van der Waals surface area (Å²) < 4.78 is 34.9. The average molecular weight is 367 g/mol. The Hall–Kier alpha value is -2.88. The first kappa shape index (κ1) is 18.5. The average Bonchev–Trinajstić information content (AvgIpc) is 2.91. The number of nitrogens with zero attached hydrogens (tertiary/aromatic N) is 1. The van der Waals surface area contributed by atoms with Gasteiger partial charge >= 0.3 is 5.97 Å². The zero-order valence-corrected chi connectivity index (χ0v) is 14.6. The molecule has 1 heterocycles. The van der Waals surface area contributed by atoms with Crippen LogP contribution < -0.4 is 10.0 Å². The number of rotatable bonds is 6. The molecule has 0 fully saturated rings. The highest BCUT2D eigenvalue weighted by atomic mass is 32.2. The number of sulfonamides is 1. The van der Waals surface area contributed by atoms with Crippen LogP contribution in [0.3, 0.4) is 0 Å². The van der Waals surface area contributed by atoms with E-state index >= 15 is 0 Å². The van der Waals surface area contributed by atoms with Crippen LogP contribution in [0.2, 0.25) is 0 Å². The Balaban J connectivity index is 2.07. The molecular formula is C15H17N3O6S. The number of benzene rings is 1. The Morgan fingerprint density at radius 1 is 1.28 bits per heavy atom. The third-order valence-electron chi connectivity index (χ3n) is 2.97. The zero-order chi connectivity index (χ0) is 18.6. The molecule has 1 unspecified atom stereocenters. The van der Waals surface area contributed by atoms with Gasteiger partial charge in [-0.25, -0.2) is 13.2 Å². The van der Waals surface area contributed by atoms with Gasteiger partial charge in [-0.2, -0.15) is 0 Å². The molecule has 2 rings (SSSR count). The van der Waals surface area contributed by atoms with Crippen LogP contribution >= 0.6 is 0 Å². The fourth-order valence-corrected chi connectivity index (χ4v) is 2.45. The third kappa shape index (κ3) is 5.31. The minimum atomic E-state index is -3.57. The molecule has 1 amide bonds. The topological polar surface area (TPSA) is 128 Å². The third-order valence-corrected chi connectivity index (χ3v) is 3.56. The van der Waals surface area contributed by atoms with Crippen LogP contribution in [-0.4, -0.2) is 37.8 Å². The minimum absolute atomic E-state index is 0.0110. The number of carbonyl (C=O) groups excluding carboxylic acids is 2. The van der Waals surface area contributed by atoms with E-state index in [1.54, 1.807) is 19.1 Å². The summed E-state index contributed by atoms with van der Waals surface area (Å²) in [5.74, 6) is -1.33. The van der Waals surface area contributed by atoms with Crippen molar-refractivity contribution in [1.82, 2.24) is 5.16 Å².